The Morgan fingerprint density at radius 1 is 0.684 bits per heavy atom. The molecule has 0 spiro atoms. The normalized spacial score (nSPS) is 11.2. The molecule has 4 rings (SSSR count). The van der Waals surface area contributed by atoms with E-state index in [1.54, 1.807) is 60.7 Å². The molecule has 0 aromatic heterocycles. The van der Waals surface area contributed by atoms with Crippen LogP contribution < -0.4 is 15.4 Å². The van der Waals surface area contributed by atoms with E-state index in [0.717, 1.165) is 0 Å². The fraction of sp³-hybridized carbons (Fsp3) is 0.0714. The molecule has 0 aliphatic carbocycles. The first-order valence-electron chi connectivity index (χ1n) is 11.2. The number of rotatable bonds is 8. The van der Waals surface area contributed by atoms with Crippen molar-refractivity contribution in [3.05, 3.63) is 131 Å². The van der Waals surface area contributed by atoms with Gasteiger partial charge >= 0.3 is 12.2 Å². The number of halogens is 3. The highest BCUT2D eigenvalue weighted by molar-refractivity contribution is 5.72. The predicted octanol–water partition coefficient (Wildman–Crippen LogP) is 6.42. The topological polar surface area (TPSA) is 108 Å². The molecule has 0 saturated carbocycles. The van der Waals surface area contributed by atoms with Crippen LogP contribution in [0, 0.1) is 17.5 Å². The Bertz CT molecular complexity index is 1360. The van der Waals surface area contributed by atoms with Gasteiger partial charge in [0, 0.05) is 12.1 Å². The van der Waals surface area contributed by atoms with Gasteiger partial charge < -0.3 is 14.9 Å². The van der Waals surface area contributed by atoms with Crippen LogP contribution in [0.5, 0.6) is 11.5 Å². The minimum absolute atomic E-state index is 0.0784. The Morgan fingerprint density at radius 3 is 1.55 bits per heavy atom. The summed E-state index contributed by atoms with van der Waals surface area (Å²) in [5.74, 6) is -5.59. The molecule has 38 heavy (non-hydrogen) atoms. The second kappa shape index (κ2) is 11.0. The van der Waals surface area contributed by atoms with Crippen LogP contribution in [0.2, 0.25) is 0 Å². The highest BCUT2D eigenvalue weighted by atomic mass is 19.2. The van der Waals surface area contributed by atoms with Crippen molar-refractivity contribution < 1.29 is 37.7 Å². The minimum Gasteiger partial charge on any atom is -0.465 e. The Hall–Kier alpha value is -4.99. The van der Waals surface area contributed by atoms with E-state index in [2.05, 4.69) is 10.6 Å². The van der Waals surface area contributed by atoms with Gasteiger partial charge in [-0.3, -0.25) is 10.6 Å². The van der Waals surface area contributed by atoms with E-state index in [0.29, 0.717) is 23.3 Å². The Balaban J connectivity index is 1.85. The third-order valence-electron chi connectivity index (χ3n) is 5.81. The fourth-order valence-electron chi connectivity index (χ4n) is 4.32. The molecule has 4 aromatic carbocycles. The van der Waals surface area contributed by atoms with E-state index in [4.69, 9.17) is 4.74 Å². The van der Waals surface area contributed by atoms with Crippen molar-refractivity contribution in [2.24, 2.45) is 0 Å². The molecule has 2 amide bonds. The molecule has 0 aliphatic heterocycles. The molecule has 0 bridgehead atoms. The summed E-state index contributed by atoms with van der Waals surface area (Å²) in [7, 11) is 0. The number of carbonyl (C=O) groups is 2. The monoisotopic (exact) mass is 522 g/mol. The predicted molar refractivity (Wildman–Crippen MR) is 132 cm³/mol. The summed E-state index contributed by atoms with van der Waals surface area (Å²) in [5.41, 5.74) is -0.506. The molecule has 4 N–H and O–H groups in total. The third kappa shape index (κ3) is 5.54. The van der Waals surface area contributed by atoms with Crippen LogP contribution in [0.15, 0.2) is 97.1 Å². The van der Waals surface area contributed by atoms with Gasteiger partial charge in [-0.25, -0.2) is 22.8 Å². The quantitative estimate of drug-likeness (QED) is 0.158. The van der Waals surface area contributed by atoms with Crippen molar-refractivity contribution in [3.8, 4) is 11.5 Å². The van der Waals surface area contributed by atoms with Crippen LogP contribution in [-0.4, -0.2) is 22.4 Å². The SMILES string of the molecule is O=C(O)NC(NC(=O)O)(c1ccc(Oc2cc(F)c(F)c(F)c2)cc1)C(c1ccccc1)c1ccccc1. The molecule has 0 atom stereocenters. The maximum atomic E-state index is 13.6. The summed E-state index contributed by atoms with van der Waals surface area (Å²) >= 11 is 0. The zero-order valence-corrected chi connectivity index (χ0v) is 19.6. The first-order chi connectivity index (χ1) is 18.2. The summed E-state index contributed by atoms with van der Waals surface area (Å²) in [5, 5.41) is 24.4. The minimum atomic E-state index is -1.92. The van der Waals surface area contributed by atoms with Gasteiger partial charge in [0.15, 0.2) is 23.1 Å². The molecule has 7 nitrogen and oxygen atoms in total. The second-order valence-corrected chi connectivity index (χ2v) is 8.25. The number of amides is 2. The third-order valence-corrected chi connectivity index (χ3v) is 5.81. The van der Waals surface area contributed by atoms with Crippen LogP contribution in [0.25, 0.3) is 0 Å². The van der Waals surface area contributed by atoms with Crippen molar-refractivity contribution in [3.63, 3.8) is 0 Å². The average molecular weight is 522 g/mol. The molecule has 0 heterocycles. The Labute approximate surface area is 215 Å². The van der Waals surface area contributed by atoms with Gasteiger partial charge in [-0.05, 0) is 28.8 Å². The second-order valence-electron chi connectivity index (χ2n) is 8.25. The van der Waals surface area contributed by atoms with Gasteiger partial charge in [-0.15, -0.1) is 0 Å². The van der Waals surface area contributed by atoms with E-state index in [-0.39, 0.29) is 17.1 Å². The van der Waals surface area contributed by atoms with Gasteiger partial charge in [-0.1, -0.05) is 72.8 Å². The lowest BCUT2D eigenvalue weighted by Crippen LogP contribution is -2.61. The maximum absolute atomic E-state index is 13.6. The van der Waals surface area contributed by atoms with Gasteiger partial charge in [0.1, 0.15) is 11.5 Å². The maximum Gasteiger partial charge on any atom is 0.406 e. The highest BCUT2D eigenvalue weighted by Crippen LogP contribution is 2.41. The molecule has 194 valence electrons. The summed E-state index contributed by atoms with van der Waals surface area (Å²) < 4.78 is 45.9. The van der Waals surface area contributed by atoms with E-state index in [1.807, 2.05) is 0 Å². The molecule has 10 heteroatoms. The molecular weight excluding hydrogens is 501 g/mol. The van der Waals surface area contributed by atoms with E-state index in [1.165, 1.54) is 24.3 Å². The molecule has 0 unspecified atom stereocenters. The number of hydrogen-bond acceptors (Lipinski definition) is 3. The Kier molecular flexibility index (Phi) is 7.52. The molecular formula is C28H21F3N2O5. The number of nitrogens with one attached hydrogen (secondary N) is 2. The highest BCUT2D eigenvalue weighted by Gasteiger charge is 2.45. The number of carboxylic acid groups (broad SMARTS) is 2. The van der Waals surface area contributed by atoms with Crippen LogP contribution in [-0.2, 0) is 5.66 Å². The smallest absolute Gasteiger partial charge is 0.406 e. The van der Waals surface area contributed by atoms with Crippen LogP contribution in [0.1, 0.15) is 22.6 Å². The van der Waals surface area contributed by atoms with Crippen molar-refractivity contribution >= 4 is 12.2 Å². The largest absolute Gasteiger partial charge is 0.465 e. The lowest BCUT2D eigenvalue weighted by molar-refractivity contribution is 0.143. The lowest BCUT2D eigenvalue weighted by Gasteiger charge is -2.41. The average Bonchev–Trinajstić information content (AvgIpc) is 2.88. The van der Waals surface area contributed by atoms with Crippen molar-refractivity contribution in [2.45, 2.75) is 11.6 Å². The van der Waals surface area contributed by atoms with Gasteiger partial charge in [0.05, 0.1) is 5.92 Å². The zero-order chi connectivity index (χ0) is 27.3. The summed E-state index contributed by atoms with van der Waals surface area (Å²) in [6.45, 7) is 0. The summed E-state index contributed by atoms with van der Waals surface area (Å²) in [4.78, 5) is 24.1. The number of benzene rings is 4. The Morgan fingerprint density at radius 2 is 1.13 bits per heavy atom. The zero-order valence-electron chi connectivity index (χ0n) is 19.6. The molecule has 0 fully saturated rings. The van der Waals surface area contributed by atoms with Gasteiger partial charge in [0.2, 0.25) is 0 Å². The van der Waals surface area contributed by atoms with Crippen molar-refractivity contribution in [1.29, 1.82) is 0 Å². The van der Waals surface area contributed by atoms with E-state index >= 15 is 0 Å². The molecule has 0 aliphatic rings. The number of hydrogen-bond donors (Lipinski definition) is 4. The van der Waals surface area contributed by atoms with Crippen LogP contribution in [0.3, 0.4) is 0 Å². The first kappa shape index (κ1) is 26.1. The lowest BCUT2D eigenvalue weighted by atomic mass is 9.76. The van der Waals surface area contributed by atoms with Crippen LogP contribution in [0.4, 0.5) is 22.8 Å². The van der Waals surface area contributed by atoms with E-state index in [9.17, 15) is 33.0 Å². The summed E-state index contributed by atoms with van der Waals surface area (Å²) in [6.07, 6.45) is -2.98. The molecule has 0 radical (unpaired) electrons. The standard InChI is InChI=1S/C28H21F3N2O5/c29-22-15-21(16-23(30)25(22)31)38-20-13-11-19(12-14-20)28(32-26(34)35,33-27(36)37)24(17-7-3-1-4-8-17)18-9-5-2-6-10-18/h1-16,24,32-33H,(H,34,35)(H,36,37). The molecule has 4 aromatic rings. The molecule has 0 saturated heterocycles. The fourth-order valence-corrected chi connectivity index (χ4v) is 4.32. The number of ether oxygens (including phenoxy) is 1. The van der Waals surface area contributed by atoms with E-state index < -0.39 is 41.2 Å². The summed E-state index contributed by atoms with van der Waals surface area (Å²) in [6, 6.07) is 24.4. The van der Waals surface area contributed by atoms with Crippen molar-refractivity contribution in [1.82, 2.24) is 10.6 Å². The van der Waals surface area contributed by atoms with Gasteiger partial charge in [-0.2, -0.15) is 0 Å². The van der Waals surface area contributed by atoms with Crippen LogP contribution >= 0.6 is 0 Å². The van der Waals surface area contributed by atoms with Crippen molar-refractivity contribution in [2.75, 3.05) is 0 Å². The first-order valence-corrected chi connectivity index (χ1v) is 11.2. The van der Waals surface area contributed by atoms with Gasteiger partial charge in [0.25, 0.3) is 0 Å².